The molecular formula is C19H22N2OS. The van der Waals surface area contributed by atoms with Crippen LogP contribution in [0.3, 0.4) is 0 Å². The van der Waals surface area contributed by atoms with Gasteiger partial charge in [0.15, 0.2) is 0 Å². The summed E-state index contributed by atoms with van der Waals surface area (Å²) in [5, 5.41) is 6.32. The third-order valence-corrected chi connectivity index (χ3v) is 5.04. The van der Waals surface area contributed by atoms with Gasteiger partial charge in [-0.25, -0.2) is 0 Å². The maximum atomic E-state index is 12.4. The van der Waals surface area contributed by atoms with Gasteiger partial charge in [0.05, 0.1) is 5.69 Å². The van der Waals surface area contributed by atoms with E-state index in [1.165, 1.54) is 24.0 Å². The number of benzene rings is 2. The number of fused-ring (bicyclic) bond motifs is 1. The lowest BCUT2D eigenvalue weighted by Gasteiger charge is -2.17. The average Bonchev–Trinajstić information content (AvgIpc) is 3.03. The second kappa shape index (κ2) is 7.09. The third-order valence-electron chi connectivity index (χ3n) is 4.24. The molecule has 0 saturated carbocycles. The molecular weight excluding hydrogens is 304 g/mol. The van der Waals surface area contributed by atoms with Crippen LogP contribution < -0.4 is 10.6 Å². The predicted molar refractivity (Wildman–Crippen MR) is 98.4 cm³/mol. The van der Waals surface area contributed by atoms with Crippen LogP contribution in [0.15, 0.2) is 47.4 Å². The van der Waals surface area contributed by atoms with Gasteiger partial charge in [0, 0.05) is 10.6 Å². The van der Waals surface area contributed by atoms with Gasteiger partial charge >= 0.3 is 0 Å². The Morgan fingerprint density at radius 3 is 2.74 bits per heavy atom. The number of carbonyl (C=O) groups is 1. The number of hydrogen-bond acceptors (Lipinski definition) is 3. The molecule has 0 fully saturated rings. The number of nitrogens with one attached hydrogen (secondary N) is 2. The van der Waals surface area contributed by atoms with Crippen molar-refractivity contribution in [1.82, 2.24) is 0 Å². The first-order chi connectivity index (χ1) is 11.2. The van der Waals surface area contributed by atoms with Crippen molar-refractivity contribution in [2.24, 2.45) is 0 Å². The molecule has 2 aromatic rings. The van der Waals surface area contributed by atoms with Gasteiger partial charge in [0.1, 0.15) is 6.04 Å². The van der Waals surface area contributed by atoms with Crippen LogP contribution in [0.4, 0.5) is 11.4 Å². The van der Waals surface area contributed by atoms with Crippen molar-refractivity contribution in [1.29, 1.82) is 0 Å². The van der Waals surface area contributed by atoms with Crippen LogP contribution in [-0.2, 0) is 17.6 Å². The molecule has 3 nitrogen and oxygen atoms in total. The Bertz CT molecular complexity index is 714. The van der Waals surface area contributed by atoms with Crippen LogP contribution >= 0.6 is 11.8 Å². The van der Waals surface area contributed by atoms with Crippen LogP contribution in [0.2, 0.25) is 0 Å². The molecule has 0 saturated heterocycles. The van der Waals surface area contributed by atoms with E-state index in [1.54, 1.807) is 11.8 Å². The third kappa shape index (κ3) is 3.70. The number of anilines is 2. The summed E-state index contributed by atoms with van der Waals surface area (Å²) in [5.74, 6) is -0.0213. The lowest BCUT2D eigenvalue weighted by atomic mass is 10.1. The minimum Gasteiger partial charge on any atom is -0.374 e. The Morgan fingerprint density at radius 1 is 1.13 bits per heavy atom. The standard InChI is InChI=1S/C19H22N2OS/c1-13(19(22)21-17-8-3-4-9-18(17)23-2)20-16-11-10-14-6-5-7-15(14)12-16/h3-4,8-13,20H,5-7H2,1-2H3,(H,21,22)/t13-/m0/s1. The lowest BCUT2D eigenvalue weighted by Crippen LogP contribution is -2.32. The summed E-state index contributed by atoms with van der Waals surface area (Å²) in [4.78, 5) is 13.5. The number of hydrogen-bond donors (Lipinski definition) is 2. The maximum absolute atomic E-state index is 12.4. The van der Waals surface area contributed by atoms with Crippen LogP contribution in [0.1, 0.15) is 24.5 Å². The fraction of sp³-hybridized carbons (Fsp3) is 0.316. The van der Waals surface area contributed by atoms with Crippen molar-refractivity contribution in [3.63, 3.8) is 0 Å². The zero-order valence-electron chi connectivity index (χ0n) is 13.6. The van der Waals surface area contributed by atoms with Crippen LogP contribution in [0, 0.1) is 0 Å². The molecule has 120 valence electrons. The van der Waals surface area contributed by atoms with Crippen LogP contribution in [0.5, 0.6) is 0 Å². The zero-order valence-corrected chi connectivity index (χ0v) is 14.4. The van der Waals surface area contributed by atoms with Gasteiger partial charge in [-0.2, -0.15) is 0 Å². The Morgan fingerprint density at radius 2 is 1.91 bits per heavy atom. The normalized spacial score (nSPS) is 14.2. The van der Waals surface area contributed by atoms with E-state index in [9.17, 15) is 4.79 Å². The Hall–Kier alpha value is -1.94. The highest BCUT2D eigenvalue weighted by atomic mass is 32.2. The van der Waals surface area contributed by atoms with E-state index in [2.05, 4.69) is 28.8 Å². The molecule has 23 heavy (non-hydrogen) atoms. The molecule has 0 aliphatic heterocycles. The van der Waals surface area contributed by atoms with Gasteiger partial charge in [0.25, 0.3) is 0 Å². The molecule has 3 rings (SSSR count). The zero-order chi connectivity index (χ0) is 16.2. The number of para-hydroxylation sites is 1. The van der Waals surface area contributed by atoms with Gasteiger partial charge in [-0.1, -0.05) is 18.2 Å². The number of aryl methyl sites for hydroxylation is 2. The first kappa shape index (κ1) is 15.9. The van der Waals surface area contributed by atoms with Crippen LogP contribution in [0.25, 0.3) is 0 Å². The summed E-state index contributed by atoms with van der Waals surface area (Å²) in [7, 11) is 0. The monoisotopic (exact) mass is 326 g/mol. The summed E-state index contributed by atoms with van der Waals surface area (Å²) < 4.78 is 0. The first-order valence-electron chi connectivity index (χ1n) is 7.99. The fourth-order valence-electron chi connectivity index (χ4n) is 2.97. The molecule has 0 bridgehead atoms. The van der Waals surface area contributed by atoms with Crippen molar-refractivity contribution in [2.45, 2.75) is 37.1 Å². The van der Waals surface area contributed by atoms with Gasteiger partial charge in [0.2, 0.25) is 5.91 Å². The summed E-state index contributed by atoms with van der Waals surface area (Å²) in [6.07, 6.45) is 5.57. The van der Waals surface area contributed by atoms with Crippen molar-refractivity contribution >= 4 is 29.0 Å². The molecule has 0 radical (unpaired) electrons. The molecule has 0 unspecified atom stereocenters. The summed E-state index contributed by atoms with van der Waals surface area (Å²) >= 11 is 1.63. The van der Waals surface area contributed by atoms with Gasteiger partial charge in [-0.15, -0.1) is 11.8 Å². The molecule has 0 heterocycles. The molecule has 2 N–H and O–H groups in total. The second-order valence-electron chi connectivity index (χ2n) is 5.89. The molecule has 1 amide bonds. The van der Waals surface area contributed by atoms with E-state index in [0.29, 0.717) is 0 Å². The SMILES string of the molecule is CSc1ccccc1NC(=O)[C@H](C)Nc1ccc2c(c1)CCC2. The smallest absolute Gasteiger partial charge is 0.246 e. The molecule has 1 aliphatic rings. The first-order valence-corrected chi connectivity index (χ1v) is 9.22. The van der Waals surface area contributed by atoms with Crippen molar-refractivity contribution in [3.8, 4) is 0 Å². The summed E-state index contributed by atoms with van der Waals surface area (Å²) in [5.41, 5.74) is 4.75. The fourth-order valence-corrected chi connectivity index (χ4v) is 3.52. The number of carbonyl (C=O) groups excluding carboxylic acids is 1. The second-order valence-corrected chi connectivity index (χ2v) is 6.74. The summed E-state index contributed by atoms with van der Waals surface area (Å²) in [6, 6.07) is 14.0. The number of thioether (sulfide) groups is 1. The van der Waals surface area contributed by atoms with Gasteiger partial charge in [-0.05, 0) is 67.8 Å². The number of amides is 1. The quantitative estimate of drug-likeness (QED) is 0.803. The molecule has 0 spiro atoms. The average molecular weight is 326 g/mol. The van der Waals surface area contributed by atoms with E-state index >= 15 is 0 Å². The molecule has 4 heteroatoms. The van der Waals surface area contributed by atoms with Crippen molar-refractivity contribution in [2.75, 3.05) is 16.9 Å². The van der Waals surface area contributed by atoms with E-state index in [4.69, 9.17) is 0 Å². The van der Waals surface area contributed by atoms with E-state index in [-0.39, 0.29) is 11.9 Å². The largest absolute Gasteiger partial charge is 0.374 e. The summed E-state index contributed by atoms with van der Waals surface area (Å²) in [6.45, 7) is 1.89. The number of rotatable bonds is 5. The highest BCUT2D eigenvalue weighted by Gasteiger charge is 2.16. The molecule has 1 atom stereocenters. The van der Waals surface area contributed by atoms with E-state index in [1.807, 2.05) is 37.4 Å². The minimum absolute atomic E-state index is 0.0213. The van der Waals surface area contributed by atoms with E-state index < -0.39 is 0 Å². The Balaban J connectivity index is 1.66. The highest BCUT2D eigenvalue weighted by molar-refractivity contribution is 7.98. The molecule has 2 aromatic carbocycles. The Labute approximate surface area is 141 Å². The van der Waals surface area contributed by atoms with Gasteiger partial charge in [-0.3, -0.25) is 4.79 Å². The van der Waals surface area contributed by atoms with Gasteiger partial charge < -0.3 is 10.6 Å². The highest BCUT2D eigenvalue weighted by Crippen LogP contribution is 2.26. The molecule has 1 aliphatic carbocycles. The Kier molecular flexibility index (Phi) is 4.91. The van der Waals surface area contributed by atoms with Crippen molar-refractivity contribution < 1.29 is 4.79 Å². The predicted octanol–water partition coefficient (Wildman–Crippen LogP) is 4.34. The lowest BCUT2D eigenvalue weighted by molar-refractivity contribution is -0.116. The topological polar surface area (TPSA) is 41.1 Å². The molecule has 0 aromatic heterocycles. The minimum atomic E-state index is -0.288. The maximum Gasteiger partial charge on any atom is 0.246 e. The van der Waals surface area contributed by atoms with Crippen LogP contribution in [-0.4, -0.2) is 18.2 Å². The van der Waals surface area contributed by atoms with Crippen molar-refractivity contribution in [3.05, 3.63) is 53.6 Å². The van der Waals surface area contributed by atoms with E-state index in [0.717, 1.165) is 22.7 Å².